The summed E-state index contributed by atoms with van der Waals surface area (Å²) in [5.41, 5.74) is 3.52. The SMILES string of the molecule is CC(ON(C(c1ccc(N(C)C)cc1)C(C)(C)C)C(C)(C)C)c1ccccc1. The van der Waals surface area contributed by atoms with Gasteiger partial charge in [-0.25, -0.2) is 0 Å². The molecule has 2 aromatic carbocycles. The van der Waals surface area contributed by atoms with Gasteiger partial charge < -0.3 is 4.90 Å². The van der Waals surface area contributed by atoms with E-state index in [4.69, 9.17) is 4.84 Å². The van der Waals surface area contributed by atoms with Gasteiger partial charge >= 0.3 is 0 Å². The first-order valence-corrected chi connectivity index (χ1v) is 10.2. The van der Waals surface area contributed by atoms with Gasteiger partial charge in [0.15, 0.2) is 0 Å². The minimum atomic E-state index is -0.152. The Balaban J connectivity index is 2.43. The summed E-state index contributed by atoms with van der Waals surface area (Å²) in [4.78, 5) is 8.77. The third kappa shape index (κ3) is 5.59. The Hall–Kier alpha value is -1.84. The van der Waals surface area contributed by atoms with Crippen LogP contribution in [0.2, 0.25) is 0 Å². The van der Waals surface area contributed by atoms with Crippen molar-refractivity contribution in [3.8, 4) is 0 Å². The van der Waals surface area contributed by atoms with Crippen molar-refractivity contribution in [1.29, 1.82) is 0 Å². The average Bonchev–Trinajstić information content (AvgIpc) is 2.60. The van der Waals surface area contributed by atoms with Crippen LogP contribution in [0.5, 0.6) is 0 Å². The quantitative estimate of drug-likeness (QED) is 0.521. The molecule has 0 aliphatic carbocycles. The largest absolute Gasteiger partial charge is 0.378 e. The number of nitrogens with zero attached hydrogens (tertiary/aromatic N) is 2. The van der Waals surface area contributed by atoms with Crippen molar-refractivity contribution in [2.75, 3.05) is 19.0 Å². The second kappa shape index (κ2) is 8.67. The number of anilines is 1. The molecule has 2 unspecified atom stereocenters. The third-order valence-electron chi connectivity index (χ3n) is 4.98. The van der Waals surface area contributed by atoms with Crippen LogP contribution >= 0.6 is 0 Å². The molecule has 154 valence electrons. The minimum Gasteiger partial charge on any atom is -0.378 e. The maximum atomic E-state index is 6.64. The van der Waals surface area contributed by atoms with Crippen LogP contribution in [0.1, 0.15) is 71.7 Å². The highest BCUT2D eigenvalue weighted by molar-refractivity contribution is 5.46. The summed E-state index contributed by atoms with van der Waals surface area (Å²) in [5.74, 6) is 0. The Bertz CT molecular complexity index is 724. The van der Waals surface area contributed by atoms with Crippen LogP contribution in [0.25, 0.3) is 0 Å². The molecule has 0 aliphatic rings. The van der Waals surface area contributed by atoms with Crippen molar-refractivity contribution in [2.45, 2.75) is 66.2 Å². The molecule has 0 saturated heterocycles. The van der Waals surface area contributed by atoms with E-state index in [0.717, 1.165) is 0 Å². The van der Waals surface area contributed by atoms with Gasteiger partial charge in [0.1, 0.15) is 6.10 Å². The Labute approximate surface area is 172 Å². The van der Waals surface area contributed by atoms with Crippen molar-refractivity contribution in [3.63, 3.8) is 0 Å². The summed E-state index contributed by atoms with van der Waals surface area (Å²) >= 11 is 0. The molecule has 3 heteroatoms. The summed E-state index contributed by atoms with van der Waals surface area (Å²) in [6.45, 7) is 15.6. The predicted molar refractivity (Wildman–Crippen MR) is 120 cm³/mol. The van der Waals surface area contributed by atoms with Crippen molar-refractivity contribution in [3.05, 3.63) is 65.7 Å². The van der Waals surface area contributed by atoms with E-state index in [1.54, 1.807) is 0 Å². The van der Waals surface area contributed by atoms with Crippen molar-refractivity contribution in [2.24, 2.45) is 5.41 Å². The zero-order chi connectivity index (χ0) is 21.1. The Morgan fingerprint density at radius 1 is 0.750 bits per heavy atom. The Kier molecular flexibility index (Phi) is 6.95. The highest BCUT2D eigenvalue weighted by Gasteiger charge is 2.39. The summed E-state index contributed by atoms with van der Waals surface area (Å²) in [6.07, 6.45) is -0.0219. The molecule has 3 nitrogen and oxygen atoms in total. The molecule has 0 heterocycles. The summed E-state index contributed by atoms with van der Waals surface area (Å²) < 4.78 is 0. The number of hydroxylamine groups is 2. The highest BCUT2D eigenvalue weighted by Crippen LogP contribution is 2.43. The smallest absolute Gasteiger partial charge is 0.102 e. The van der Waals surface area contributed by atoms with E-state index in [2.05, 4.69) is 121 Å². The van der Waals surface area contributed by atoms with Crippen LogP contribution in [-0.2, 0) is 4.84 Å². The van der Waals surface area contributed by atoms with E-state index in [1.165, 1.54) is 16.8 Å². The molecule has 0 spiro atoms. The molecule has 0 saturated carbocycles. The molecule has 2 atom stereocenters. The number of hydrogen-bond acceptors (Lipinski definition) is 3. The summed E-state index contributed by atoms with van der Waals surface area (Å²) in [6, 6.07) is 19.4. The number of benzene rings is 2. The van der Waals surface area contributed by atoms with Crippen LogP contribution in [0, 0.1) is 5.41 Å². The molecule has 28 heavy (non-hydrogen) atoms. The Morgan fingerprint density at radius 3 is 1.71 bits per heavy atom. The normalized spacial score (nSPS) is 14.8. The zero-order valence-electron chi connectivity index (χ0n) is 19.2. The van der Waals surface area contributed by atoms with Crippen LogP contribution in [-0.4, -0.2) is 24.7 Å². The van der Waals surface area contributed by atoms with Gasteiger partial charge in [-0.1, -0.05) is 63.2 Å². The van der Waals surface area contributed by atoms with Gasteiger partial charge in [0.05, 0.1) is 6.04 Å². The van der Waals surface area contributed by atoms with E-state index in [-0.39, 0.29) is 23.1 Å². The molecule has 0 amide bonds. The Morgan fingerprint density at radius 2 is 1.29 bits per heavy atom. The van der Waals surface area contributed by atoms with Gasteiger partial charge in [0.25, 0.3) is 0 Å². The van der Waals surface area contributed by atoms with Gasteiger partial charge in [-0.05, 0) is 56.4 Å². The molecule has 0 fully saturated rings. The molecule has 2 aromatic rings. The van der Waals surface area contributed by atoms with Crippen molar-refractivity contribution < 1.29 is 4.84 Å². The maximum absolute atomic E-state index is 6.64. The third-order valence-corrected chi connectivity index (χ3v) is 4.98. The van der Waals surface area contributed by atoms with Gasteiger partial charge in [-0.3, -0.25) is 4.84 Å². The molecule has 0 radical (unpaired) electrons. The zero-order valence-corrected chi connectivity index (χ0v) is 19.2. The molecular formula is C25H38N2O. The van der Waals surface area contributed by atoms with Crippen LogP contribution < -0.4 is 4.90 Å². The van der Waals surface area contributed by atoms with Crippen LogP contribution in [0.4, 0.5) is 5.69 Å². The van der Waals surface area contributed by atoms with Crippen molar-refractivity contribution >= 4 is 5.69 Å². The van der Waals surface area contributed by atoms with Crippen LogP contribution in [0.3, 0.4) is 0 Å². The molecule has 2 rings (SSSR count). The topological polar surface area (TPSA) is 15.7 Å². The number of rotatable bonds is 6. The van der Waals surface area contributed by atoms with Gasteiger partial charge in [-0.15, -0.1) is 0 Å². The van der Waals surface area contributed by atoms with Gasteiger partial charge in [0, 0.05) is 25.3 Å². The highest BCUT2D eigenvalue weighted by atomic mass is 16.7. The molecule has 0 aliphatic heterocycles. The lowest BCUT2D eigenvalue weighted by Gasteiger charge is -2.47. The monoisotopic (exact) mass is 382 g/mol. The fourth-order valence-corrected chi connectivity index (χ4v) is 3.50. The first kappa shape index (κ1) is 22.4. The van der Waals surface area contributed by atoms with E-state index >= 15 is 0 Å². The second-order valence-corrected chi connectivity index (χ2v) is 9.91. The first-order chi connectivity index (χ1) is 12.9. The minimum absolute atomic E-state index is 0.00329. The number of hydrogen-bond donors (Lipinski definition) is 0. The summed E-state index contributed by atoms with van der Waals surface area (Å²) in [7, 11) is 4.14. The second-order valence-electron chi connectivity index (χ2n) is 9.91. The molecular weight excluding hydrogens is 344 g/mol. The summed E-state index contributed by atoms with van der Waals surface area (Å²) in [5, 5.41) is 2.20. The lowest BCUT2D eigenvalue weighted by Crippen LogP contribution is -2.48. The first-order valence-electron chi connectivity index (χ1n) is 10.2. The maximum Gasteiger partial charge on any atom is 0.102 e. The average molecular weight is 383 g/mol. The van der Waals surface area contributed by atoms with E-state index in [0.29, 0.717) is 0 Å². The van der Waals surface area contributed by atoms with Crippen LogP contribution in [0.15, 0.2) is 54.6 Å². The molecule has 0 N–H and O–H groups in total. The van der Waals surface area contributed by atoms with Gasteiger partial charge in [0.2, 0.25) is 0 Å². The lowest BCUT2D eigenvalue weighted by molar-refractivity contribution is -0.281. The lowest BCUT2D eigenvalue weighted by atomic mass is 9.80. The van der Waals surface area contributed by atoms with Gasteiger partial charge in [-0.2, -0.15) is 5.06 Å². The fourth-order valence-electron chi connectivity index (χ4n) is 3.50. The molecule has 0 bridgehead atoms. The molecule has 0 aromatic heterocycles. The van der Waals surface area contributed by atoms with E-state index in [9.17, 15) is 0 Å². The van der Waals surface area contributed by atoms with Crippen molar-refractivity contribution in [1.82, 2.24) is 5.06 Å². The van der Waals surface area contributed by atoms with E-state index in [1.807, 2.05) is 6.07 Å². The van der Waals surface area contributed by atoms with E-state index < -0.39 is 0 Å². The standard InChI is InChI=1S/C25H38N2O/c1-19(20-13-11-10-12-14-20)28-27(25(5,6)7)23(24(2,3)4)21-15-17-22(18-16-21)26(8)9/h10-19,23H,1-9H3. The fraction of sp³-hybridized carbons (Fsp3) is 0.520. The predicted octanol–water partition coefficient (Wildman–Crippen LogP) is 6.63.